The number of amides is 3. The zero-order chi connectivity index (χ0) is 32.2. The molecule has 0 saturated heterocycles. The van der Waals surface area contributed by atoms with Gasteiger partial charge in [-0.3, -0.25) is 24.1 Å². The number of nitrogens with one attached hydrogen (secondary N) is 1. The van der Waals surface area contributed by atoms with Crippen LogP contribution < -0.4 is 15.1 Å². The second kappa shape index (κ2) is 13.1. The first-order valence-corrected chi connectivity index (χ1v) is 14.7. The number of hydrogen-bond acceptors (Lipinski definition) is 5. The molecule has 1 aliphatic heterocycles. The molecule has 0 fully saturated rings. The van der Waals surface area contributed by atoms with Crippen LogP contribution >= 0.6 is 0 Å². The number of Topliss-reactive ketones (excluding diaryl/α,β-unsaturated/α-hetero) is 1. The smallest absolute Gasteiger partial charge is 0.299 e. The van der Waals surface area contributed by atoms with Crippen LogP contribution in [-0.2, 0) is 20.9 Å². The summed E-state index contributed by atoms with van der Waals surface area (Å²) in [5.74, 6) is -2.72. The van der Waals surface area contributed by atoms with E-state index >= 15 is 0 Å². The minimum atomic E-state index is -1.12. The van der Waals surface area contributed by atoms with Crippen LogP contribution in [0.5, 0.6) is 0 Å². The van der Waals surface area contributed by atoms with E-state index in [1.807, 2.05) is 55.4 Å². The molecule has 0 radical (unpaired) electrons. The molecule has 1 N–H and O–H groups in total. The van der Waals surface area contributed by atoms with Gasteiger partial charge in [0.1, 0.15) is 18.4 Å². The van der Waals surface area contributed by atoms with E-state index in [0.717, 1.165) is 16.2 Å². The number of benzene rings is 4. The van der Waals surface area contributed by atoms with Crippen molar-refractivity contribution in [1.29, 1.82) is 0 Å². The van der Waals surface area contributed by atoms with E-state index in [-0.39, 0.29) is 18.0 Å². The Labute approximate surface area is 262 Å². The number of halogens is 1. The summed E-state index contributed by atoms with van der Waals surface area (Å²) >= 11 is 0. The Morgan fingerprint density at radius 1 is 0.822 bits per heavy atom. The van der Waals surface area contributed by atoms with Crippen LogP contribution in [0.15, 0.2) is 97.1 Å². The van der Waals surface area contributed by atoms with Crippen molar-refractivity contribution < 1.29 is 23.6 Å². The molecular weight excluding hydrogens is 571 g/mol. The maximum absolute atomic E-state index is 14.3. The molecule has 0 bridgehead atoms. The third-order valence-electron chi connectivity index (χ3n) is 7.89. The monoisotopic (exact) mass is 606 g/mol. The molecule has 3 amide bonds. The van der Waals surface area contributed by atoms with Crippen LogP contribution in [0.2, 0.25) is 0 Å². The third kappa shape index (κ3) is 6.77. The molecule has 5 rings (SSSR count). The minimum Gasteiger partial charge on any atom is -0.378 e. The summed E-state index contributed by atoms with van der Waals surface area (Å²) in [6, 6.07) is 25.8. The highest BCUT2D eigenvalue weighted by atomic mass is 19.1. The zero-order valence-corrected chi connectivity index (χ0v) is 25.7. The van der Waals surface area contributed by atoms with Crippen molar-refractivity contribution in [3.05, 3.63) is 125 Å². The molecule has 0 aliphatic carbocycles. The Morgan fingerprint density at radius 3 is 2.07 bits per heavy atom. The van der Waals surface area contributed by atoms with Gasteiger partial charge in [-0.15, -0.1) is 0 Å². The maximum atomic E-state index is 14.3. The molecule has 0 aromatic heterocycles. The summed E-state index contributed by atoms with van der Waals surface area (Å²) in [4.78, 5) is 58.6. The van der Waals surface area contributed by atoms with Gasteiger partial charge in [0.15, 0.2) is 0 Å². The second-order valence-electron chi connectivity index (χ2n) is 11.5. The highest BCUT2D eigenvalue weighted by Gasteiger charge is 2.39. The van der Waals surface area contributed by atoms with Crippen LogP contribution in [0.3, 0.4) is 0 Å². The average Bonchev–Trinajstić information content (AvgIpc) is 3.27. The van der Waals surface area contributed by atoms with Crippen LogP contribution in [0, 0.1) is 5.82 Å². The van der Waals surface area contributed by atoms with Crippen LogP contribution in [-0.4, -0.2) is 49.0 Å². The number of para-hydroxylation sites is 1. The Kier molecular flexibility index (Phi) is 9.08. The molecule has 45 heavy (non-hydrogen) atoms. The molecular formula is C36H35FN4O4. The van der Waals surface area contributed by atoms with E-state index in [9.17, 15) is 23.6 Å². The fraction of sp³-hybridized carbons (Fsp3) is 0.222. The number of nitrogens with zero attached hydrogens (tertiary/aromatic N) is 3. The van der Waals surface area contributed by atoms with Gasteiger partial charge in [-0.05, 0) is 71.1 Å². The normalized spacial score (nSPS) is 13.1. The molecule has 0 saturated carbocycles. The molecule has 4 aromatic carbocycles. The number of hydrogen-bond donors (Lipinski definition) is 1. The van der Waals surface area contributed by atoms with Crippen molar-refractivity contribution >= 4 is 40.6 Å². The number of ketones is 1. The summed E-state index contributed by atoms with van der Waals surface area (Å²) in [6.45, 7) is 3.61. The first-order chi connectivity index (χ1) is 21.5. The van der Waals surface area contributed by atoms with E-state index in [4.69, 9.17) is 0 Å². The molecule has 9 heteroatoms. The molecule has 8 nitrogen and oxygen atoms in total. The average molecular weight is 607 g/mol. The van der Waals surface area contributed by atoms with E-state index in [1.54, 1.807) is 48.5 Å². The molecule has 0 unspecified atom stereocenters. The lowest BCUT2D eigenvalue weighted by Gasteiger charge is -2.33. The molecule has 4 aromatic rings. The molecule has 230 valence electrons. The van der Waals surface area contributed by atoms with Gasteiger partial charge in [-0.25, -0.2) is 4.39 Å². The van der Waals surface area contributed by atoms with Gasteiger partial charge < -0.3 is 15.1 Å². The second-order valence-corrected chi connectivity index (χ2v) is 11.5. The number of carbonyl (C=O) groups excluding carboxylic acids is 4. The van der Waals surface area contributed by atoms with Gasteiger partial charge >= 0.3 is 0 Å². The number of rotatable bonds is 10. The van der Waals surface area contributed by atoms with Gasteiger partial charge in [0.2, 0.25) is 5.91 Å². The maximum Gasteiger partial charge on any atom is 0.299 e. The van der Waals surface area contributed by atoms with Gasteiger partial charge in [-0.2, -0.15) is 0 Å². The standard InChI is InChI=1S/C36H35FN4O4/c1-23(2)25-11-13-26(14-12-25)33(35(44)38-28-17-19-29(20-18-28)39(3)4)41(21-24-9-15-27(37)16-10-24)32(42)22-40-31-8-6-5-7-30(31)34(43)36(40)45/h5-20,23,33H,21-22H2,1-4H3,(H,38,44)/t33-/m0/s1. The topological polar surface area (TPSA) is 90.0 Å². The van der Waals surface area contributed by atoms with Crippen molar-refractivity contribution in [1.82, 2.24) is 4.90 Å². The molecule has 1 heterocycles. The lowest BCUT2D eigenvalue weighted by Crippen LogP contribution is -2.46. The van der Waals surface area contributed by atoms with Gasteiger partial charge in [0, 0.05) is 32.0 Å². The third-order valence-corrected chi connectivity index (χ3v) is 7.89. The first kappa shape index (κ1) is 31.1. The predicted octanol–water partition coefficient (Wildman–Crippen LogP) is 5.95. The Morgan fingerprint density at radius 2 is 1.44 bits per heavy atom. The van der Waals surface area contributed by atoms with Crippen LogP contribution in [0.1, 0.15) is 52.9 Å². The minimum absolute atomic E-state index is 0.0552. The Balaban J connectivity index is 1.55. The van der Waals surface area contributed by atoms with Crippen LogP contribution in [0.4, 0.5) is 21.5 Å². The van der Waals surface area contributed by atoms with Gasteiger partial charge in [0.25, 0.3) is 17.6 Å². The first-order valence-electron chi connectivity index (χ1n) is 14.7. The van der Waals surface area contributed by atoms with E-state index in [0.29, 0.717) is 22.5 Å². The van der Waals surface area contributed by atoms with Crippen molar-refractivity contribution in [2.24, 2.45) is 0 Å². The van der Waals surface area contributed by atoms with Crippen molar-refractivity contribution in [3.63, 3.8) is 0 Å². The molecule has 0 spiro atoms. The summed E-state index contributed by atoms with van der Waals surface area (Å²) in [6.07, 6.45) is 0. The van der Waals surface area contributed by atoms with Crippen LogP contribution in [0.25, 0.3) is 0 Å². The lowest BCUT2D eigenvalue weighted by atomic mass is 9.97. The van der Waals surface area contributed by atoms with Gasteiger partial charge in [0.05, 0.1) is 11.3 Å². The number of carbonyl (C=O) groups is 4. The van der Waals surface area contributed by atoms with Gasteiger partial charge in [-0.1, -0.05) is 62.4 Å². The Hall–Kier alpha value is -5.31. The van der Waals surface area contributed by atoms with E-state index in [2.05, 4.69) is 19.2 Å². The summed E-state index contributed by atoms with van der Waals surface area (Å²) < 4.78 is 13.8. The number of fused-ring (bicyclic) bond motifs is 1. The molecule has 1 atom stereocenters. The summed E-state index contributed by atoms with van der Waals surface area (Å²) in [7, 11) is 3.83. The highest BCUT2D eigenvalue weighted by molar-refractivity contribution is 6.52. The highest BCUT2D eigenvalue weighted by Crippen LogP contribution is 2.31. The molecule has 1 aliphatic rings. The SMILES string of the molecule is CC(C)c1ccc([C@@H](C(=O)Nc2ccc(N(C)C)cc2)N(Cc2ccc(F)cc2)C(=O)CN2C(=O)C(=O)c3ccccc32)cc1. The lowest BCUT2D eigenvalue weighted by molar-refractivity contribution is -0.139. The summed E-state index contributed by atoms with van der Waals surface area (Å²) in [5.41, 5.74) is 4.25. The zero-order valence-electron chi connectivity index (χ0n) is 25.7. The fourth-order valence-corrected chi connectivity index (χ4v) is 5.33. The number of anilines is 3. The van der Waals surface area contributed by atoms with Crippen molar-refractivity contribution in [3.8, 4) is 0 Å². The Bertz CT molecular complexity index is 1720. The van der Waals surface area contributed by atoms with E-state index in [1.165, 1.54) is 17.0 Å². The quantitative estimate of drug-likeness (QED) is 0.225. The van der Waals surface area contributed by atoms with E-state index < -0.39 is 41.9 Å². The fourth-order valence-electron chi connectivity index (χ4n) is 5.33. The summed E-state index contributed by atoms with van der Waals surface area (Å²) in [5, 5.41) is 2.95. The van der Waals surface area contributed by atoms with Crippen molar-refractivity contribution in [2.75, 3.05) is 35.8 Å². The van der Waals surface area contributed by atoms with Crippen molar-refractivity contribution in [2.45, 2.75) is 32.4 Å². The largest absolute Gasteiger partial charge is 0.378 e. The predicted molar refractivity (Wildman–Crippen MR) is 173 cm³/mol.